The van der Waals surface area contributed by atoms with Crippen LogP contribution in [0.25, 0.3) is 22.8 Å². The monoisotopic (exact) mass is 363 g/mol. The smallest absolute Gasteiger partial charge is 0.407 e. The van der Waals surface area contributed by atoms with Gasteiger partial charge >= 0.3 is 6.09 Å². The van der Waals surface area contributed by atoms with Gasteiger partial charge in [0.2, 0.25) is 11.6 Å². The van der Waals surface area contributed by atoms with Crippen LogP contribution in [0, 0.1) is 0 Å². The maximum Gasteiger partial charge on any atom is 0.407 e. The third-order valence-corrected chi connectivity index (χ3v) is 3.60. The van der Waals surface area contributed by atoms with Crippen molar-refractivity contribution in [3.8, 4) is 22.8 Å². The predicted octanol–water partition coefficient (Wildman–Crippen LogP) is 3.63. The fraction of sp³-hybridized carbons (Fsp3) is 0.250. The van der Waals surface area contributed by atoms with Crippen LogP contribution in [0.4, 0.5) is 4.79 Å². The first-order valence-corrected chi connectivity index (χ1v) is 8.58. The van der Waals surface area contributed by atoms with Crippen molar-refractivity contribution in [2.75, 3.05) is 0 Å². The maximum absolute atomic E-state index is 11.9. The van der Waals surface area contributed by atoms with E-state index in [0.717, 1.165) is 16.7 Å². The Hall–Kier alpha value is -3.35. The first-order valence-electron chi connectivity index (χ1n) is 8.58. The van der Waals surface area contributed by atoms with Crippen molar-refractivity contribution in [3.05, 3.63) is 60.2 Å². The predicted molar refractivity (Wildman–Crippen MR) is 102 cm³/mol. The topological polar surface area (TPSA) is 89.9 Å². The molecule has 0 aliphatic rings. The molecule has 27 heavy (non-hydrogen) atoms. The number of benzene rings is 2. The number of rotatable bonds is 4. The average molecular weight is 363 g/mol. The van der Waals surface area contributed by atoms with Crippen molar-refractivity contribution >= 4 is 6.09 Å². The van der Waals surface area contributed by atoms with Gasteiger partial charge in [-0.25, -0.2) is 4.79 Å². The molecule has 0 fully saturated rings. The van der Waals surface area contributed by atoms with Crippen LogP contribution >= 0.6 is 0 Å². The number of carbonyl (C=O) groups is 1. The molecule has 138 valence electrons. The Bertz CT molecular complexity index is 906. The van der Waals surface area contributed by atoms with Crippen LogP contribution < -0.4 is 5.32 Å². The van der Waals surface area contributed by atoms with Crippen LogP contribution in [0.5, 0.6) is 0 Å². The zero-order valence-corrected chi connectivity index (χ0v) is 15.5. The van der Waals surface area contributed by atoms with Gasteiger partial charge in [-0.15, -0.1) is 20.4 Å². The highest BCUT2D eigenvalue weighted by molar-refractivity contribution is 5.68. The van der Waals surface area contributed by atoms with Crippen LogP contribution in [-0.2, 0) is 11.3 Å². The lowest BCUT2D eigenvalue weighted by molar-refractivity contribution is 0.131. The fourth-order valence-electron chi connectivity index (χ4n) is 2.39. The van der Waals surface area contributed by atoms with Crippen LogP contribution in [0.15, 0.2) is 54.6 Å². The zero-order valence-electron chi connectivity index (χ0n) is 15.5. The molecule has 0 aliphatic carbocycles. The van der Waals surface area contributed by atoms with Crippen molar-refractivity contribution in [3.63, 3.8) is 0 Å². The number of nitrogens with zero attached hydrogens (tertiary/aromatic N) is 4. The minimum absolute atomic E-state index is 0.0991. The summed E-state index contributed by atoms with van der Waals surface area (Å²) in [6, 6.07) is 17.0. The van der Waals surface area contributed by atoms with Crippen molar-refractivity contribution in [2.24, 2.45) is 0 Å². The first kappa shape index (κ1) is 18.4. The fourth-order valence-corrected chi connectivity index (χ4v) is 2.39. The summed E-state index contributed by atoms with van der Waals surface area (Å²) < 4.78 is 5.31. The summed E-state index contributed by atoms with van der Waals surface area (Å²) >= 11 is 0. The van der Waals surface area contributed by atoms with Gasteiger partial charge < -0.3 is 10.1 Å². The molecule has 1 aromatic heterocycles. The molecule has 3 aromatic rings. The molecule has 0 bridgehead atoms. The lowest BCUT2D eigenvalue weighted by atomic mass is 10.1. The molecule has 2 aromatic carbocycles. The highest BCUT2D eigenvalue weighted by Crippen LogP contribution is 2.21. The normalized spacial score (nSPS) is 11.1. The van der Waals surface area contributed by atoms with E-state index in [1.807, 2.05) is 75.4 Å². The summed E-state index contributed by atoms with van der Waals surface area (Å²) in [4.78, 5) is 11.9. The van der Waals surface area contributed by atoms with Crippen LogP contribution in [0.3, 0.4) is 0 Å². The van der Waals surface area contributed by atoms with Crippen LogP contribution in [-0.4, -0.2) is 32.0 Å². The second-order valence-electron chi connectivity index (χ2n) is 7.02. The Morgan fingerprint density at radius 1 is 0.889 bits per heavy atom. The van der Waals surface area contributed by atoms with Crippen LogP contribution in [0.1, 0.15) is 26.3 Å². The minimum atomic E-state index is -0.478. The Kier molecular flexibility index (Phi) is 5.40. The largest absolute Gasteiger partial charge is 0.445 e. The number of alkyl carbamates (subject to hydrolysis) is 1. The number of ether oxygens (including phenoxy) is 1. The van der Waals surface area contributed by atoms with E-state index in [9.17, 15) is 4.79 Å². The van der Waals surface area contributed by atoms with E-state index >= 15 is 0 Å². The van der Waals surface area contributed by atoms with Crippen molar-refractivity contribution in [1.29, 1.82) is 0 Å². The standard InChI is InChI=1S/C20H21N5O2/c1-20(2,3)21-19(26)27-13-15-11-7-8-12-16(15)18-24-22-17(23-25-18)14-9-5-4-6-10-14/h4-12H,13H2,1-3H3,(H,21,26). The van der Waals surface area contributed by atoms with Crippen molar-refractivity contribution < 1.29 is 9.53 Å². The maximum atomic E-state index is 11.9. The van der Waals surface area contributed by atoms with E-state index in [1.54, 1.807) is 0 Å². The quantitative estimate of drug-likeness (QED) is 0.761. The Balaban J connectivity index is 1.77. The summed E-state index contributed by atoms with van der Waals surface area (Å²) in [6.45, 7) is 5.77. The van der Waals surface area contributed by atoms with E-state index < -0.39 is 6.09 Å². The molecule has 7 heteroatoms. The van der Waals surface area contributed by atoms with Crippen LogP contribution in [0.2, 0.25) is 0 Å². The van der Waals surface area contributed by atoms with E-state index in [2.05, 4.69) is 25.7 Å². The zero-order chi connectivity index (χ0) is 19.3. The number of hydrogen-bond donors (Lipinski definition) is 1. The van der Waals surface area contributed by atoms with Crippen molar-refractivity contribution in [2.45, 2.75) is 32.9 Å². The van der Waals surface area contributed by atoms with E-state index in [1.165, 1.54) is 0 Å². The molecule has 0 saturated carbocycles. The SMILES string of the molecule is CC(C)(C)NC(=O)OCc1ccccc1-c1nnc(-c2ccccc2)nn1. The van der Waals surface area contributed by atoms with Gasteiger partial charge in [0, 0.05) is 22.2 Å². The third kappa shape index (κ3) is 5.07. The minimum Gasteiger partial charge on any atom is -0.445 e. The van der Waals surface area contributed by atoms with E-state index in [-0.39, 0.29) is 12.1 Å². The molecule has 0 radical (unpaired) electrons. The number of carbonyl (C=O) groups excluding carboxylic acids is 1. The van der Waals surface area contributed by atoms with Gasteiger partial charge in [0.05, 0.1) is 0 Å². The molecule has 1 N–H and O–H groups in total. The lowest BCUT2D eigenvalue weighted by Crippen LogP contribution is -2.40. The number of aromatic nitrogens is 4. The van der Waals surface area contributed by atoms with E-state index in [0.29, 0.717) is 11.6 Å². The van der Waals surface area contributed by atoms with Gasteiger partial charge in [-0.05, 0) is 20.8 Å². The van der Waals surface area contributed by atoms with Gasteiger partial charge in [-0.3, -0.25) is 0 Å². The Labute approximate surface area is 157 Å². The summed E-state index contributed by atoms with van der Waals surface area (Å²) in [5.41, 5.74) is 1.98. The molecular weight excluding hydrogens is 342 g/mol. The van der Waals surface area contributed by atoms with Gasteiger partial charge in [0.1, 0.15) is 6.61 Å². The molecule has 0 atom stereocenters. The molecule has 3 rings (SSSR count). The molecule has 0 saturated heterocycles. The second kappa shape index (κ2) is 7.90. The molecule has 0 unspecified atom stereocenters. The lowest BCUT2D eigenvalue weighted by Gasteiger charge is -2.20. The second-order valence-corrected chi connectivity index (χ2v) is 7.02. The molecular formula is C20H21N5O2. The van der Waals surface area contributed by atoms with Gasteiger partial charge in [0.25, 0.3) is 0 Å². The van der Waals surface area contributed by atoms with Crippen molar-refractivity contribution in [1.82, 2.24) is 25.7 Å². The molecule has 0 spiro atoms. The average Bonchev–Trinajstić information content (AvgIpc) is 2.66. The number of amides is 1. The first-order chi connectivity index (χ1) is 12.9. The number of nitrogens with one attached hydrogen (secondary N) is 1. The Morgan fingerprint density at radius 3 is 2.15 bits per heavy atom. The highest BCUT2D eigenvalue weighted by Gasteiger charge is 2.16. The van der Waals surface area contributed by atoms with Gasteiger partial charge in [0.15, 0.2) is 0 Å². The van der Waals surface area contributed by atoms with E-state index in [4.69, 9.17) is 4.74 Å². The highest BCUT2D eigenvalue weighted by atomic mass is 16.5. The summed E-state index contributed by atoms with van der Waals surface area (Å²) in [5.74, 6) is 0.836. The molecule has 1 amide bonds. The summed E-state index contributed by atoms with van der Waals surface area (Å²) in [6.07, 6.45) is -0.478. The Morgan fingerprint density at radius 2 is 1.48 bits per heavy atom. The van der Waals surface area contributed by atoms with Gasteiger partial charge in [-0.2, -0.15) is 0 Å². The molecule has 7 nitrogen and oxygen atoms in total. The number of hydrogen-bond acceptors (Lipinski definition) is 6. The molecule has 0 aliphatic heterocycles. The summed E-state index contributed by atoms with van der Waals surface area (Å²) in [7, 11) is 0. The summed E-state index contributed by atoms with van der Waals surface area (Å²) in [5, 5.41) is 19.5. The molecule has 1 heterocycles. The third-order valence-electron chi connectivity index (χ3n) is 3.60. The van der Waals surface area contributed by atoms with Gasteiger partial charge in [-0.1, -0.05) is 54.6 Å².